The number of amides is 2. The van der Waals surface area contributed by atoms with Gasteiger partial charge in [-0.15, -0.1) is 0 Å². The molecule has 0 unspecified atom stereocenters. The normalized spacial score (nSPS) is 11.7. The summed E-state index contributed by atoms with van der Waals surface area (Å²) in [6, 6.07) is 3.92. The number of urea groups is 1. The third kappa shape index (κ3) is 4.24. The number of carboxylic acid groups (broad SMARTS) is 1. The Morgan fingerprint density at radius 3 is 2.42 bits per heavy atom. The molecule has 0 saturated heterocycles. The molecule has 0 spiro atoms. The summed E-state index contributed by atoms with van der Waals surface area (Å²) in [4.78, 5) is 24.1. The van der Waals surface area contributed by atoms with Crippen molar-refractivity contribution < 1.29 is 19.1 Å². The van der Waals surface area contributed by atoms with Crippen LogP contribution in [0, 0.1) is 5.82 Å². The van der Waals surface area contributed by atoms with Crippen LogP contribution in [-0.2, 0) is 4.79 Å². The van der Waals surface area contributed by atoms with E-state index in [2.05, 4.69) is 5.32 Å². The highest BCUT2D eigenvalue weighted by Gasteiger charge is 2.21. The Kier molecular flexibility index (Phi) is 5.29. The lowest BCUT2D eigenvalue weighted by Crippen LogP contribution is -2.46. The zero-order valence-corrected chi connectivity index (χ0v) is 10.9. The van der Waals surface area contributed by atoms with Crippen LogP contribution in [0.15, 0.2) is 24.3 Å². The largest absolute Gasteiger partial charge is 0.480 e. The van der Waals surface area contributed by atoms with Gasteiger partial charge in [0.15, 0.2) is 0 Å². The number of nitrogens with one attached hydrogen (secondary N) is 1. The molecule has 2 N–H and O–H groups in total. The zero-order chi connectivity index (χ0) is 14.4. The van der Waals surface area contributed by atoms with Crippen molar-refractivity contribution in [3.63, 3.8) is 0 Å². The van der Waals surface area contributed by atoms with Crippen LogP contribution in [0.25, 0.3) is 0 Å². The van der Waals surface area contributed by atoms with Gasteiger partial charge >= 0.3 is 12.0 Å². The van der Waals surface area contributed by atoms with Gasteiger partial charge < -0.3 is 10.4 Å². The van der Waals surface area contributed by atoms with Crippen LogP contribution < -0.4 is 10.2 Å². The molecule has 104 valence electrons. The van der Waals surface area contributed by atoms with E-state index in [4.69, 9.17) is 5.11 Å². The summed E-state index contributed by atoms with van der Waals surface area (Å²) >= 11 is 0. The monoisotopic (exact) mass is 268 g/mol. The second-order valence-corrected chi connectivity index (χ2v) is 4.16. The number of rotatable bonds is 5. The molecule has 2 amide bonds. The first-order chi connectivity index (χ1) is 8.95. The smallest absolute Gasteiger partial charge is 0.326 e. The van der Waals surface area contributed by atoms with Crippen LogP contribution in [-0.4, -0.2) is 30.2 Å². The Morgan fingerprint density at radius 1 is 1.37 bits per heavy atom. The highest BCUT2D eigenvalue weighted by molar-refractivity contribution is 5.93. The fourth-order valence-corrected chi connectivity index (χ4v) is 1.57. The first-order valence-electron chi connectivity index (χ1n) is 5.98. The molecule has 1 aromatic rings. The topological polar surface area (TPSA) is 69.6 Å². The SMILES string of the molecule is CCC[C@@H](NC(=O)N(C)c1ccc(F)cc1)C(=O)O. The van der Waals surface area contributed by atoms with Gasteiger partial charge in [0.1, 0.15) is 11.9 Å². The fraction of sp³-hybridized carbons (Fsp3) is 0.385. The van der Waals surface area contributed by atoms with E-state index in [1.165, 1.54) is 36.2 Å². The van der Waals surface area contributed by atoms with E-state index in [9.17, 15) is 14.0 Å². The predicted molar refractivity (Wildman–Crippen MR) is 69.7 cm³/mol. The van der Waals surface area contributed by atoms with Gasteiger partial charge in [-0.3, -0.25) is 4.90 Å². The van der Waals surface area contributed by atoms with Gasteiger partial charge in [0.05, 0.1) is 0 Å². The van der Waals surface area contributed by atoms with E-state index >= 15 is 0 Å². The number of nitrogens with zero attached hydrogens (tertiary/aromatic N) is 1. The molecular weight excluding hydrogens is 251 g/mol. The average Bonchev–Trinajstić information content (AvgIpc) is 2.38. The number of hydrogen-bond donors (Lipinski definition) is 2. The molecule has 0 radical (unpaired) electrons. The number of halogens is 1. The Labute approximate surface area is 111 Å². The lowest BCUT2D eigenvalue weighted by atomic mass is 10.2. The van der Waals surface area contributed by atoms with E-state index < -0.39 is 23.9 Å². The molecule has 6 heteroatoms. The third-order valence-corrected chi connectivity index (χ3v) is 2.69. The van der Waals surface area contributed by atoms with Gasteiger partial charge in [0.2, 0.25) is 0 Å². The summed E-state index contributed by atoms with van der Waals surface area (Å²) in [5.41, 5.74) is 0.486. The number of benzene rings is 1. The summed E-state index contributed by atoms with van der Waals surface area (Å²) in [5.74, 6) is -1.46. The maximum absolute atomic E-state index is 12.8. The molecule has 0 bridgehead atoms. The van der Waals surface area contributed by atoms with Crippen molar-refractivity contribution in [2.24, 2.45) is 0 Å². The highest BCUT2D eigenvalue weighted by Crippen LogP contribution is 2.13. The minimum absolute atomic E-state index is 0.359. The first kappa shape index (κ1) is 14.9. The number of aliphatic carboxylic acids is 1. The zero-order valence-electron chi connectivity index (χ0n) is 10.9. The molecule has 0 aromatic heterocycles. The average molecular weight is 268 g/mol. The summed E-state index contributed by atoms with van der Waals surface area (Å²) < 4.78 is 12.8. The van der Waals surface area contributed by atoms with Crippen LogP contribution in [0.2, 0.25) is 0 Å². The molecule has 0 heterocycles. The van der Waals surface area contributed by atoms with Crippen LogP contribution in [0.3, 0.4) is 0 Å². The maximum Gasteiger partial charge on any atom is 0.326 e. The Balaban J connectivity index is 2.71. The van der Waals surface area contributed by atoms with E-state index in [1.54, 1.807) is 0 Å². The molecule has 19 heavy (non-hydrogen) atoms. The van der Waals surface area contributed by atoms with E-state index in [0.717, 1.165) is 0 Å². The van der Waals surface area contributed by atoms with Crippen LogP contribution >= 0.6 is 0 Å². The quantitative estimate of drug-likeness (QED) is 0.860. The molecule has 0 aliphatic rings. The van der Waals surface area contributed by atoms with Gasteiger partial charge in [-0.25, -0.2) is 14.0 Å². The maximum atomic E-state index is 12.8. The van der Waals surface area contributed by atoms with E-state index in [1.807, 2.05) is 6.92 Å². The molecule has 0 aliphatic carbocycles. The van der Waals surface area contributed by atoms with Gasteiger partial charge in [0, 0.05) is 12.7 Å². The van der Waals surface area contributed by atoms with Crippen molar-refractivity contribution in [2.45, 2.75) is 25.8 Å². The van der Waals surface area contributed by atoms with Crippen molar-refractivity contribution in [3.8, 4) is 0 Å². The highest BCUT2D eigenvalue weighted by atomic mass is 19.1. The van der Waals surface area contributed by atoms with Crippen LogP contribution in [0.5, 0.6) is 0 Å². The number of hydrogen-bond acceptors (Lipinski definition) is 2. The van der Waals surface area contributed by atoms with Gasteiger partial charge in [-0.05, 0) is 30.7 Å². The Bertz CT molecular complexity index is 448. The number of anilines is 1. The molecule has 1 rings (SSSR count). The molecule has 0 aliphatic heterocycles. The molecular formula is C13H17FN2O3. The molecule has 0 saturated carbocycles. The first-order valence-corrected chi connectivity index (χ1v) is 5.98. The summed E-state index contributed by atoms with van der Waals surface area (Å²) in [5, 5.41) is 11.4. The lowest BCUT2D eigenvalue weighted by Gasteiger charge is -2.21. The number of carbonyl (C=O) groups excluding carboxylic acids is 1. The minimum atomic E-state index is -1.07. The standard InChI is InChI=1S/C13H17FN2O3/c1-3-4-11(12(17)18)15-13(19)16(2)10-7-5-9(14)6-8-10/h5-8,11H,3-4H2,1-2H3,(H,15,19)(H,17,18)/t11-/m1/s1. The van der Waals surface area contributed by atoms with Gasteiger partial charge in [-0.2, -0.15) is 0 Å². The molecule has 5 nitrogen and oxygen atoms in total. The van der Waals surface area contributed by atoms with Crippen LogP contribution in [0.4, 0.5) is 14.9 Å². The Morgan fingerprint density at radius 2 is 1.95 bits per heavy atom. The van der Waals surface area contributed by atoms with Crippen molar-refractivity contribution in [3.05, 3.63) is 30.1 Å². The summed E-state index contributed by atoms with van der Waals surface area (Å²) in [6.45, 7) is 1.84. The Hall–Kier alpha value is -2.11. The molecule has 1 atom stereocenters. The van der Waals surface area contributed by atoms with Crippen molar-refractivity contribution in [2.75, 3.05) is 11.9 Å². The van der Waals surface area contributed by atoms with Crippen LogP contribution in [0.1, 0.15) is 19.8 Å². The lowest BCUT2D eigenvalue weighted by molar-refractivity contribution is -0.139. The van der Waals surface area contributed by atoms with Gasteiger partial charge in [-0.1, -0.05) is 13.3 Å². The van der Waals surface area contributed by atoms with Crippen molar-refractivity contribution in [1.29, 1.82) is 0 Å². The summed E-state index contributed by atoms with van der Waals surface area (Å²) in [7, 11) is 1.49. The minimum Gasteiger partial charge on any atom is -0.480 e. The van der Waals surface area contributed by atoms with Crippen molar-refractivity contribution >= 4 is 17.7 Å². The summed E-state index contributed by atoms with van der Waals surface area (Å²) in [6.07, 6.45) is 1.01. The van der Waals surface area contributed by atoms with Gasteiger partial charge in [0.25, 0.3) is 0 Å². The fourth-order valence-electron chi connectivity index (χ4n) is 1.57. The molecule has 0 fully saturated rings. The third-order valence-electron chi connectivity index (χ3n) is 2.69. The molecule has 1 aromatic carbocycles. The van der Waals surface area contributed by atoms with E-state index in [0.29, 0.717) is 18.5 Å². The number of carboxylic acids is 1. The number of carbonyl (C=O) groups is 2. The second-order valence-electron chi connectivity index (χ2n) is 4.16. The second kappa shape index (κ2) is 6.72. The van der Waals surface area contributed by atoms with E-state index in [-0.39, 0.29) is 0 Å². The predicted octanol–water partition coefficient (Wildman–Crippen LogP) is 2.22. The van der Waals surface area contributed by atoms with Crippen molar-refractivity contribution in [1.82, 2.24) is 5.32 Å².